The minimum absolute atomic E-state index is 0.168. The molecule has 0 radical (unpaired) electrons. The number of cyclic esters (lactones) is 1. The summed E-state index contributed by atoms with van der Waals surface area (Å²) in [5, 5.41) is 0. The molecular formula is C11H8O4. The highest BCUT2D eigenvalue weighted by atomic mass is 16.6. The summed E-state index contributed by atoms with van der Waals surface area (Å²) in [5.41, 5.74) is 0. The number of para-hydroxylation sites is 2. The molecule has 2 heterocycles. The number of hydrogen-bond acceptors (Lipinski definition) is 4. The van der Waals surface area contributed by atoms with Crippen LogP contribution in [0.4, 0.5) is 0 Å². The van der Waals surface area contributed by atoms with Crippen LogP contribution in [0, 0.1) is 0 Å². The Labute approximate surface area is 86.1 Å². The molecule has 0 bridgehead atoms. The van der Waals surface area contributed by atoms with Crippen LogP contribution in [-0.4, -0.2) is 12.1 Å². The lowest BCUT2D eigenvalue weighted by molar-refractivity contribution is -0.141. The van der Waals surface area contributed by atoms with E-state index in [-0.39, 0.29) is 11.9 Å². The minimum atomic E-state index is -0.466. The Hall–Kier alpha value is -1.97. The maximum Gasteiger partial charge on any atom is 0.378 e. The van der Waals surface area contributed by atoms with Crippen LogP contribution in [0.2, 0.25) is 0 Å². The summed E-state index contributed by atoms with van der Waals surface area (Å²) in [6.07, 6.45) is -0.374. The zero-order valence-electron chi connectivity index (χ0n) is 8.02. The van der Waals surface area contributed by atoms with Crippen molar-refractivity contribution in [2.24, 2.45) is 0 Å². The fourth-order valence-electron chi connectivity index (χ4n) is 1.62. The van der Waals surface area contributed by atoms with Gasteiger partial charge < -0.3 is 14.2 Å². The van der Waals surface area contributed by atoms with Crippen LogP contribution in [0.1, 0.15) is 6.92 Å². The number of carbonyl (C=O) groups is 1. The maximum atomic E-state index is 11.3. The highest BCUT2D eigenvalue weighted by Gasteiger charge is 2.39. The Morgan fingerprint density at radius 1 is 1.13 bits per heavy atom. The molecule has 0 aliphatic carbocycles. The molecule has 76 valence electrons. The van der Waals surface area contributed by atoms with Gasteiger partial charge in [0, 0.05) is 0 Å². The van der Waals surface area contributed by atoms with Gasteiger partial charge in [0.25, 0.3) is 5.76 Å². The predicted octanol–water partition coefficient (Wildman–Crippen LogP) is 1.61. The number of esters is 1. The number of fused-ring (bicyclic) bond motifs is 1. The van der Waals surface area contributed by atoms with Gasteiger partial charge in [0.05, 0.1) is 0 Å². The molecule has 1 unspecified atom stereocenters. The van der Waals surface area contributed by atoms with E-state index in [1.807, 2.05) is 12.1 Å². The first kappa shape index (κ1) is 8.35. The Morgan fingerprint density at radius 3 is 2.53 bits per heavy atom. The maximum absolute atomic E-state index is 11.3. The van der Waals surface area contributed by atoms with E-state index in [0.29, 0.717) is 17.3 Å². The average Bonchev–Trinajstić information content (AvgIpc) is 2.52. The highest BCUT2D eigenvalue weighted by Crippen LogP contribution is 2.38. The zero-order valence-corrected chi connectivity index (χ0v) is 8.02. The summed E-state index contributed by atoms with van der Waals surface area (Å²) in [4.78, 5) is 11.3. The number of benzene rings is 1. The Balaban J connectivity index is 2.07. The summed E-state index contributed by atoms with van der Waals surface area (Å²) >= 11 is 0. The number of ether oxygens (including phenoxy) is 3. The van der Waals surface area contributed by atoms with Gasteiger partial charge in [-0.1, -0.05) is 12.1 Å². The molecule has 0 spiro atoms. The molecule has 1 atom stereocenters. The third kappa shape index (κ3) is 1.11. The van der Waals surface area contributed by atoms with Crippen LogP contribution in [0.5, 0.6) is 11.5 Å². The van der Waals surface area contributed by atoms with Crippen molar-refractivity contribution in [1.82, 2.24) is 0 Å². The van der Waals surface area contributed by atoms with Crippen molar-refractivity contribution >= 4 is 5.97 Å². The summed E-state index contributed by atoms with van der Waals surface area (Å²) in [7, 11) is 0. The van der Waals surface area contributed by atoms with Gasteiger partial charge in [0.15, 0.2) is 23.4 Å². The topological polar surface area (TPSA) is 44.8 Å². The molecule has 3 rings (SSSR count). The average molecular weight is 204 g/mol. The van der Waals surface area contributed by atoms with Crippen molar-refractivity contribution in [2.75, 3.05) is 0 Å². The van der Waals surface area contributed by atoms with Gasteiger partial charge in [-0.3, -0.25) is 0 Å². The molecule has 0 saturated carbocycles. The quantitative estimate of drug-likeness (QED) is 0.602. The van der Waals surface area contributed by atoms with Crippen LogP contribution < -0.4 is 9.47 Å². The van der Waals surface area contributed by atoms with E-state index in [0.717, 1.165) is 0 Å². The second-order valence-corrected chi connectivity index (χ2v) is 3.39. The van der Waals surface area contributed by atoms with E-state index in [2.05, 4.69) is 0 Å². The van der Waals surface area contributed by atoms with Gasteiger partial charge in [-0.25, -0.2) is 4.79 Å². The molecule has 4 nitrogen and oxygen atoms in total. The molecule has 0 fully saturated rings. The van der Waals surface area contributed by atoms with Gasteiger partial charge in [0.2, 0.25) is 0 Å². The lowest BCUT2D eigenvalue weighted by Crippen LogP contribution is -2.14. The number of carbonyl (C=O) groups excluding carboxylic acids is 1. The second kappa shape index (κ2) is 2.76. The predicted molar refractivity (Wildman–Crippen MR) is 50.3 cm³/mol. The molecule has 1 aromatic carbocycles. The van der Waals surface area contributed by atoms with Crippen molar-refractivity contribution < 1.29 is 19.0 Å². The van der Waals surface area contributed by atoms with Crippen molar-refractivity contribution in [3.8, 4) is 11.5 Å². The third-order valence-electron chi connectivity index (χ3n) is 2.34. The van der Waals surface area contributed by atoms with E-state index < -0.39 is 5.97 Å². The molecule has 2 aliphatic heterocycles. The van der Waals surface area contributed by atoms with Crippen LogP contribution in [0.3, 0.4) is 0 Å². The molecule has 0 saturated heterocycles. The summed E-state index contributed by atoms with van der Waals surface area (Å²) in [6, 6.07) is 7.19. The van der Waals surface area contributed by atoms with Crippen molar-refractivity contribution in [2.45, 2.75) is 13.0 Å². The van der Waals surface area contributed by atoms with E-state index in [9.17, 15) is 4.79 Å². The number of hydrogen-bond donors (Lipinski definition) is 0. The first-order valence-corrected chi connectivity index (χ1v) is 4.65. The summed E-state index contributed by atoms with van der Waals surface area (Å²) in [5.74, 6) is 1.32. The van der Waals surface area contributed by atoms with E-state index in [1.165, 1.54) is 0 Å². The first-order chi connectivity index (χ1) is 7.25. The fraction of sp³-hybridized carbons (Fsp3) is 0.182. The van der Waals surface area contributed by atoms with Gasteiger partial charge in [-0.2, -0.15) is 0 Å². The smallest absolute Gasteiger partial charge is 0.378 e. The van der Waals surface area contributed by atoms with Crippen molar-refractivity contribution in [3.05, 3.63) is 35.8 Å². The Morgan fingerprint density at radius 2 is 1.80 bits per heavy atom. The summed E-state index contributed by atoms with van der Waals surface area (Å²) < 4.78 is 15.9. The lowest BCUT2D eigenvalue weighted by atomic mass is 10.2. The molecule has 1 aromatic rings. The van der Waals surface area contributed by atoms with Gasteiger partial charge in [-0.05, 0) is 19.1 Å². The molecule has 4 heteroatoms. The van der Waals surface area contributed by atoms with E-state index in [1.54, 1.807) is 19.1 Å². The van der Waals surface area contributed by atoms with Crippen LogP contribution in [0.15, 0.2) is 35.8 Å². The largest absolute Gasteiger partial charge is 0.450 e. The normalized spacial score (nSPS) is 22.5. The van der Waals surface area contributed by atoms with Gasteiger partial charge in [-0.15, -0.1) is 0 Å². The van der Waals surface area contributed by atoms with E-state index in [4.69, 9.17) is 14.2 Å². The highest BCUT2D eigenvalue weighted by molar-refractivity contribution is 5.90. The SMILES string of the molecule is CC1OC(=O)C2=C1Oc1ccccc1O2. The second-order valence-electron chi connectivity index (χ2n) is 3.39. The zero-order chi connectivity index (χ0) is 10.4. The molecule has 0 aromatic heterocycles. The van der Waals surface area contributed by atoms with Crippen molar-refractivity contribution in [3.63, 3.8) is 0 Å². The van der Waals surface area contributed by atoms with Gasteiger partial charge in [0.1, 0.15) is 0 Å². The van der Waals surface area contributed by atoms with Gasteiger partial charge >= 0.3 is 5.97 Å². The lowest BCUT2D eigenvalue weighted by Gasteiger charge is -2.18. The van der Waals surface area contributed by atoms with Crippen LogP contribution >= 0.6 is 0 Å². The summed E-state index contributed by atoms with van der Waals surface area (Å²) in [6.45, 7) is 1.75. The number of rotatable bonds is 0. The Kier molecular flexibility index (Phi) is 1.54. The first-order valence-electron chi connectivity index (χ1n) is 4.65. The minimum Gasteiger partial charge on any atom is -0.450 e. The van der Waals surface area contributed by atoms with Crippen LogP contribution in [-0.2, 0) is 9.53 Å². The third-order valence-corrected chi connectivity index (χ3v) is 2.34. The molecule has 0 N–H and O–H groups in total. The molecule has 2 aliphatic rings. The molecule has 0 amide bonds. The fourth-order valence-corrected chi connectivity index (χ4v) is 1.62. The standard InChI is InChI=1S/C11H8O4/c1-6-9-10(11(12)13-6)15-8-5-3-2-4-7(8)14-9/h2-6H,1H3. The Bertz CT molecular complexity index is 475. The molecule has 15 heavy (non-hydrogen) atoms. The van der Waals surface area contributed by atoms with Crippen LogP contribution in [0.25, 0.3) is 0 Å². The molecular weight excluding hydrogens is 196 g/mol. The monoisotopic (exact) mass is 204 g/mol. The van der Waals surface area contributed by atoms with E-state index >= 15 is 0 Å². The van der Waals surface area contributed by atoms with Crippen molar-refractivity contribution in [1.29, 1.82) is 0 Å².